The molecule has 0 saturated carbocycles. The number of nitrogens with one attached hydrogen (secondary N) is 1. The zero-order valence-corrected chi connectivity index (χ0v) is 15.6. The van der Waals surface area contributed by atoms with E-state index in [1.807, 2.05) is 19.1 Å². The minimum atomic E-state index is -0.444. The number of nitrogens with zero attached hydrogens (tertiary/aromatic N) is 1. The summed E-state index contributed by atoms with van der Waals surface area (Å²) >= 11 is 7.31. The van der Waals surface area contributed by atoms with Crippen molar-refractivity contribution >= 4 is 39.9 Å². The van der Waals surface area contributed by atoms with Gasteiger partial charge < -0.3 is 4.74 Å². The van der Waals surface area contributed by atoms with Gasteiger partial charge in [-0.15, -0.1) is 11.3 Å². The molecule has 26 heavy (non-hydrogen) atoms. The van der Waals surface area contributed by atoms with Gasteiger partial charge in [-0.25, -0.2) is 9.78 Å². The van der Waals surface area contributed by atoms with Gasteiger partial charge in [-0.2, -0.15) is 0 Å². The van der Waals surface area contributed by atoms with Crippen LogP contribution in [-0.2, 0) is 4.74 Å². The Bertz CT molecular complexity index is 950. The average Bonchev–Trinajstić information content (AvgIpc) is 3.02. The van der Waals surface area contributed by atoms with E-state index in [1.54, 1.807) is 36.4 Å². The maximum Gasteiger partial charge on any atom is 0.337 e. The summed E-state index contributed by atoms with van der Waals surface area (Å²) < 4.78 is 4.64. The maximum atomic E-state index is 12.4. The van der Waals surface area contributed by atoms with Gasteiger partial charge in [0.1, 0.15) is 0 Å². The van der Waals surface area contributed by atoms with Crippen molar-refractivity contribution in [1.82, 2.24) is 4.98 Å². The smallest absolute Gasteiger partial charge is 0.337 e. The fraction of sp³-hybridized carbons (Fsp3) is 0.105. The molecule has 3 aromatic rings. The van der Waals surface area contributed by atoms with Crippen LogP contribution >= 0.6 is 22.9 Å². The van der Waals surface area contributed by atoms with Crippen LogP contribution in [0.1, 0.15) is 25.6 Å². The Labute approximate surface area is 159 Å². The van der Waals surface area contributed by atoms with Gasteiger partial charge in [-0.05, 0) is 43.3 Å². The number of aromatic nitrogens is 1. The molecule has 1 aromatic heterocycles. The summed E-state index contributed by atoms with van der Waals surface area (Å²) in [6, 6.07) is 13.6. The summed E-state index contributed by atoms with van der Waals surface area (Å²) in [6.07, 6.45) is 0. The Hall–Kier alpha value is -2.70. The van der Waals surface area contributed by atoms with Gasteiger partial charge in [0.15, 0.2) is 5.13 Å². The number of rotatable bonds is 4. The number of thiazole rings is 1. The Morgan fingerprint density at radius 1 is 1.04 bits per heavy atom. The molecule has 0 unspecified atom stereocenters. The third kappa shape index (κ3) is 3.92. The zero-order valence-electron chi connectivity index (χ0n) is 14.1. The lowest BCUT2D eigenvalue weighted by atomic mass is 10.1. The predicted octanol–water partition coefficient (Wildman–Crippen LogP) is 4.81. The summed E-state index contributed by atoms with van der Waals surface area (Å²) in [7, 11) is 1.31. The van der Waals surface area contributed by atoms with Crippen molar-refractivity contribution in [2.45, 2.75) is 6.92 Å². The van der Waals surface area contributed by atoms with E-state index in [4.69, 9.17) is 11.6 Å². The van der Waals surface area contributed by atoms with Crippen molar-refractivity contribution < 1.29 is 14.3 Å². The van der Waals surface area contributed by atoms with Gasteiger partial charge in [-0.3, -0.25) is 10.1 Å². The molecule has 0 bridgehead atoms. The molecule has 0 aliphatic heterocycles. The summed E-state index contributed by atoms with van der Waals surface area (Å²) in [5.41, 5.74) is 2.56. The summed E-state index contributed by atoms with van der Waals surface area (Å²) in [6.45, 7) is 1.95. The molecule has 0 radical (unpaired) electrons. The average molecular weight is 387 g/mol. The van der Waals surface area contributed by atoms with Crippen LogP contribution in [0, 0.1) is 6.92 Å². The van der Waals surface area contributed by atoms with E-state index in [2.05, 4.69) is 15.0 Å². The standard InChI is InChI=1S/C19H15ClN2O3S/c1-11-16(12-7-9-15(20)10-8-12)21-19(26-11)22-17(23)13-3-5-14(6-4-13)18(24)25-2/h3-10H,1-2H3,(H,21,22,23). The fourth-order valence-corrected chi connectivity index (χ4v) is 3.33. The molecule has 2 aromatic carbocycles. The molecular formula is C19H15ClN2O3S. The van der Waals surface area contributed by atoms with E-state index in [0.29, 0.717) is 21.3 Å². The molecular weight excluding hydrogens is 372 g/mol. The first-order chi connectivity index (χ1) is 12.5. The van der Waals surface area contributed by atoms with E-state index in [1.165, 1.54) is 18.4 Å². The Morgan fingerprint density at radius 3 is 2.27 bits per heavy atom. The SMILES string of the molecule is COC(=O)c1ccc(C(=O)Nc2nc(-c3ccc(Cl)cc3)c(C)s2)cc1. The predicted molar refractivity (Wildman–Crippen MR) is 103 cm³/mol. The minimum absolute atomic E-state index is 0.294. The molecule has 1 heterocycles. The van der Waals surface area contributed by atoms with E-state index >= 15 is 0 Å². The van der Waals surface area contributed by atoms with Crippen LogP contribution in [0.2, 0.25) is 5.02 Å². The van der Waals surface area contributed by atoms with Crippen molar-refractivity contribution in [3.63, 3.8) is 0 Å². The third-order valence-electron chi connectivity index (χ3n) is 3.70. The second-order valence-corrected chi connectivity index (χ2v) is 7.09. The van der Waals surface area contributed by atoms with Crippen molar-refractivity contribution in [3.05, 3.63) is 69.6 Å². The van der Waals surface area contributed by atoms with Gasteiger partial charge in [0.05, 0.1) is 18.4 Å². The van der Waals surface area contributed by atoms with Gasteiger partial charge in [0.2, 0.25) is 0 Å². The van der Waals surface area contributed by atoms with Gasteiger partial charge in [0, 0.05) is 21.0 Å². The highest BCUT2D eigenvalue weighted by Crippen LogP contribution is 2.31. The molecule has 132 valence electrons. The number of anilines is 1. The number of benzene rings is 2. The number of ether oxygens (including phenoxy) is 1. The van der Waals surface area contributed by atoms with Crippen LogP contribution in [0.4, 0.5) is 5.13 Å². The number of halogens is 1. The highest BCUT2D eigenvalue weighted by molar-refractivity contribution is 7.16. The molecule has 0 atom stereocenters. The number of methoxy groups -OCH3 is 1. The first-order valence-electron chi connectivity index (χ1n) is 7.71. The molecule has 0 aliphatic rings. The Balaban J connectivity index is 1.76. The van der Waals surface area contributed by atoms with Gasteiger partial charge in [0.25, 0.3) is 5.91 Å². The second-order valence-electron chi connectivity index (χ2n) is 5.45. The van der Waals surface area contributed by atoms with Crippen LogP contribution < -0.4 is 5.32 Å². The number of amides is 1. The lowest BCUT2D eigenvalue weighted by Crippen LogP contribution is -2.12. The zero-order chi connectivity index (χ0) is 18.7. The van der Waals surface area contributed by atoms with Crippen molar-refractivity contribution in [1.29, 1.82) is 0 Å². The summed E-state index contributed by atoms with van der Waals surface area (Å²) in [5, 5.41) is 3.96. The van der Waals surface area contributed by atoms with E-state index in [0.717, 1.165) is 16.1 Å². The fourth-order valence-electron chi connectivity index (χ4n) is 2.37. The first kappa shape index (κ1) is 18.1. The first-order valence-corrected chi connectivity index (χ1v) is 8.90. The number of hydrogen-bond donors (Lipinski definition) is 1. The van der Waals surface area contributed by atoms with E-state index in [-0.39, 0.29) is 5.91 Å². The minimum Gasteiger partial charge on any atom is -0.465 e. The van der Waals surface area contributed by atoms with Crippen molar-refractivity contribution in [2.75, 3.05) is 12.4 Å². The second kappa shape index (κ2) is 7.68. The largest absolute Gasteiger partial charge is 0.465 e. The van der Waals surface area contributed by atoms with Gasteiger partial charge in [-0.1, -0.05) is 23.7 Å². The van der Waals surface area contributed by atoms with Crippen LogP contribution in [-0.4, -0.2) is 24.0 Å². The quantitative estimate of drug-likeness (QED) is 0.653. The Kier molecular flexibility index (Phi) is 5.35. The molecule has 0 fully saturated rings. The molecule has 1 amide bonds. The molecule has 1 N–H and O–H groups in total. The number of carbonyl (C=O) groups excluding carboxylic acids is 2. The Morgan fingerprint density at radius 2 is 1.65 bits per heavy atom. The van der Waals surface area contributed by atoms with Crippen LogP contribution in [0.25, 0.3) is 11.3 Å². The normalized spacial score (nSPS) is 10.4. The lowest BCUT2D eigenvalue weighted by Gasteiger charge is -2.03. The maximum absolute atomic E-state index is 12.4. The molecule has 0 spiro atoms. The topological polar surface area (TPSA) is 68.3 Å². The van der Waals surface area contributed by atoms with Crippen molar-refractivity contribution in [2.24, 2.45) is 0 Å². The molecule has 0 aliphatic carbocycles. The summed E-state index contributed by atoms with van der Waals surface area (Å²) in [5.74, 6) is -0.738. The van der Waals surface area contributed by atoms with Crippen molar-refractivity contribution in [3.8, 4) is 11.3 Å². The monoisotopic (exact) mass is 386 g/mol. The molecule has 0 saturated heterocycles. The highest BCUT2D eigenvalue weighted by atomic mass is 35.5. The van der Waals surface area contributed by atoms with Crippen LogP contribution in [0.5, 0.6) is 0 Å². The third-order valence-corrected chi connectivity index (χ3v) is 4.84. The van der Waals surface area contributed by atoms with E-state index in [9.17, 15) is 9.59 Å². The number of carbonyl (C=O) groups is 2. The molecule has 5 nitrogen and oxygen atoms in total. The molecule has 7 heteroatoms. The number of aryl methyl sites for hydroxylation is 1. The summed E-state index contributed by atoms with van der Waals surface area (Å²) in [4.78, 5) is 29.3. The van der Waals surface area contributed by atoms with E-state index < -0.39 is 5.97 Å². The number of hydrogen-bond acceptors (Lipinski definition) is 5. The lowest BCUT2D eigenvalue weighted by molar-refractivity contribution is 0.0600. The van der Waals surface area contributed by atoms with Crippen LogP contribution in [0.3, 0.4) is 0 Å². The highest BCUT2D eigenvalue weighted by Gasteiger charge is 2.14. The van der Waals surface area contributed by atoms with Gasteiger partial charge >= 0.3 is 5.97 Å². The number of esters is 1. The van der Waals surface area contributed by atoms with Crippen LogP contribution in [0.15, 0.2) is 48.5 Å². The molecule has 3 rings (SSSR count).